The van der Waals surface area contributed by atoms with E-state index in [-0.39, 0.29) is 16.2 Å². The Labute approximate surface area is 92.4 Å². The minimum Gasteiger partial charge on any atom is -0.507 e. The molecule has 4 nitrogen and oxygen atoms in total. The SMILES string of the molecule is Cc1cc(O)c(S(C)(=O)=O)cc1C(=O)Cl. The molecule has 0 aliphatic heterocycles. The molecule has 0 saturated carbocycles. The van der Waals surface area contributed by atoms with Gasteiger partial charge in [0.1, 0.15) is 10.6 Å². The molecule has 6 heteroatoms. The fourth-order valence-corrected chi connectivity index (χ4v) is 2.16. The molecule has 1 N–H and O–H groups in total. The molecule has 1 aromatic rings. The van der Waals surface area contributed by atoms with E-state index in [1.54, 1.807) is 6.92 Å². The maximum Gasteiger partial charge on any atom is 0.252 e. The Hall–Kier alpha value is -1.07. The largest absolute Gasteiger partial charge is 0.507 e. The second-order valence-electron chi connectivity index (χ2n) is 3.18. The third kappa shape index (κ3) is 2.49. The van der Waals surface area contributed by atoms with Crippen LogP contribution in [0.15, 0.2) is 17.0 Å². The molecular formula is C9H9ClO4S. The van der Waals surface area contributed by atoms with Crippen molar-refractivity contribution in [1.82, 2.24) is 0 Å². The molecule has 0 bridgehead atoms. The van der Waals surface area contributed by atoms with Gasteiger partial charge in [-0.2, -0.15) is 0 Å². The maximum absolute atomic E-state index is 11.2. The second-order valence-corrected chi connectivity index (χ2v) is 5.51. The van der Waals surface area contributed by atoms with Crippen molar-refractivity contribution in [3.63, 3.8) is 0 Å². The van der Waals surface area contributed by atoms with Gasteiger partial charge >= 0.3 is 0 Å². The number of phenols is 1. The molecule has 0 aliphatic carbocycles. The molecule has 0 aliphatic rings. The van der Waals surface area contributed by atoms with Gasteiger partial charge in [0.25, 0.3) is 5.24 Å². The van der Waals surface area contributed by atoms with E-state index >= 15 is 0 Å². The minimum atomic E-state index is -3.57. The first-order valence-corrected chi connectivity index (χ1v) is 6.24. The summed E-state index contributed by atoms with van der Waals surface area (Å²) >= 11 is 5.27. The van der Waals surface area contributed by atoms with E-state index in [9.17, 15) is 18.3 Å². The highest BCUT2D eigenvalue weighted by molar-refractivity contribution is 7.90. The standard InChI is InChI=1S/C9H9ClO4S/c1-5-3-7(11)8(15(2,13)14)4-6(5)9(10)12/h3-4,11H,1-2H3. The number of hydrogen-bond acceptors (Lipinski definition) is 4. The quantitative estimate of drug-likeness (QED) is 0.805. The zero-order chi connectivity index (χ0) is 11.8. The molecule has 1 rings (SSSR count). The summed E-state index contributed by atoms with van der Waals surface area (Å²) in [5.74, 6) is -0.378. The van der Waals surface area contributed by atoms with Crippen molar-refractivity contribution < 1.29 is 18.3 Å². The zero-order valence-electron chi connectivity index (χ0n) is 8.11. The van der Waals surface area contributed by atoms with Crippen LogP contribution in [0.5, 0.6) is 5.75 Å². The normalized spacial score (nSPS) is 11.4. The van der Waals surface area contributed by atoms with Crippen LogP contribution in [-0.2, 0) is 9.84 Å². The fourth-order valence-electron chi connectivity index (χ4n) is 1.18. The number of phenolic OH excluding ortho intramolecular Hbond substituents is 1. The molecule has 0 radical (unpaired) electrons. The van der Waals surface area contributed by atoms with Crippen molar-refractivity contribution in [3.05, 3.63) is 23.3 Å². The summed E-state index contributed by atoms with van der Waals surface area (Å²) in [6, 6.07) is 2.28. The molecule has 0 fully saturated rings. The monoisotopic (exact) mass is 248 g/mol. The van der Waals surface area contributed by atoms with Gasteiger partial charge in [-0.25, -0.2) is 8.42 Å². The van der Waals surface area contributed by atoms with Crippen molar-refractivity contribution in [1.29, 1.82) is 0 Å². The smallest absolute Gasteiger partial charge is 0.252 e. The van der Waals surface area contributed by atoms with E-state index in [1.807, 2.05) is 0 Å². The van der Waals surface area contributed by atoms with E-state index in [0.29, 0.717) is 5.56 Å². The lowest BCUT2D eigenvalue weighted by Gasteiger charge is -2.06. The van der Waals surface area contributed by atoms with Gasteiger partial charge in [0.2, 0.25) is 0 Å². The Bertz CT molecular complexity index is 519. The number of hydrogen-bond donors (Lipinski definition) is 1. The Kier molecular flexibility index (Phi) is 3.06. The summed E-state index contributed by atoms with van der Waals surface area (Å²) in [5.41, 5.74) is 0.509. The fraction of sp³-hybridized carbons (Fsp3) is 0.222. The Morgan fingerprint density at radius 3 is 2.33 bits per heavy atom. The molecule has 15 heavy (non-hydrogen) atoms. The van der Waals surface area contributed by atoms with Crippen LogP contribution in [0.4, 0.5) is 0 Å². The van der Waals surface area contributed by atoms with Gasteiger partial charge in [0.15, 0.2) is 9.84 Å². The second kappa shape index (κ2) is 3.83. The van der Waals surface area contributed by atoms with E-state index in [4.69, 9.17) is 11.6 Å². The Morgan fingerprint density at radius 2 is 1.93 bits per heavy atom. The molecule has 0 spiro atoms. The molecule has 0 aromatic heterocycles. The summed E-state index contributed by atoms with van der Waals surface area (Å²) < 4.78 is 22.5. The minimum absolute atomic E-state index is 0.0786. The number of halogens is 1. The number of carbonyl (C=O) groups is 1. The van der Waals surface area contributed by atoms with Crippen molar-refractivity contribution in [2.45, 2.75) is 11.8 Å². The summed E-state index contributed by atoms with van der Waals surface area (Å²) in [5, 5.41) is 8.65. The summed E-state index contributed by atoms with van der Waals surface area (Å²) in [6.45, 7) is 1.56. The lowest BCUT2D eigenvalue weighted by Crippen LogP contribution is -2.02. The Morgan fingerprint density at radius 1 is 1.40 bits per heavy atom. The zero-order valence-corrected chi connectivity index (χ0v) is 9.69. The van der Waals surface area contributed by atoms with Crippen molar-refractivity contribution in [3.8, 4) is 5.75 Å². The van der Waals surface area contributed by atoms with Crippen molar-refractivity contribution >= 4 is 26.7 Å². The lowest BCUT2D eigenvalue weighted by atomic mass is 10.1. The summed E-state index contributed by atoms with van der Waals surface area (Å²) in [6.07, 6.45) is 0.944. The lowest BCUT2D eigenvalue weighted by molar-refractivity contribution is 0.108. The number of rotatable bonds is 2. The van der Waals surface area contributed by atoms with E-state index in [2.05, 4.69) is 0 Å². The van der Waals surface area contributed by atoms with E-state index < -0.39 is 15.1 Å². The average Bonchev–Trinajstić information content (AvgIpc) is 2.00. The van der Waals surface area contributed by atoms with Crippen molar-refractivity contribution in [2.75, 3.05) is 6.26 Å². The molecule has 0 heterocycles. The van der Waals surface area contributed by atoms with Crippen LogP contribution in [0.2, 0.25) is 0 Å². The van der Waals surface area contributed by atoms with Crippen LogP contribution >= 0.6 is 11.6 Å². The molecular weight excluding hydrogens is 240 g/mol. The third-order valence-corrected chi connectivity index (χ3v) is 3.25. The predicted molar refractivity (Wildman–Crippen MR) is 56.1 cm³/mol. The first kappa shape index (κ1) is 12.0. The first-order valence-electron chi connectivity index (χ1n) is 3.97. The van der Waals surface area contributed by atoms with Crippen LogP contribution in [0.3, 0.4) is 0 Å². The summed E-state index contributed by atoms with van der Waals surface area (Å²) in [4.78, 5) is 10.7. The molecule has 82 valence electrons. The number of sulfone groups is 1. The number of benzene rings is 1. The number of aromatic hydroxyl groups is 1. The highest BCUT2D eigenvalue weighted by atomic mass is 35.5. The molecule has 1 aromatic carbocycles. The van der Waals surface area contributed by atoms with Gasteiger partial charge in [-0.05, 0) is 36.2 Å². The maximum atomic E-state index is 11.2. The van der Waals surface area contributed by atoms with Crippen LogP contribution in [-0.4, -0.2) is 25.0 Å². The van der Waals surface area contributed by atoms with Gasteiger partial charge in [-0.3, -0.25) is 4.79 Å². The average molecular weight is 249 g/mol. The molecule has 0 atom stereocenters. The highest BCUT2D eigenvalue weighted by Crippen LogP contribution is 2.27. The topological polar surface area (TPSA) is 71.4 Å². The van der Waals surface area contributed by atoms with E-state index in [1.165, 1.54) is 6.07 Å². The van der Waals surface area contributed by atoms with Crippen LogP contribution in [0.25, 0.3) is 0 Å². The number of carbonyl (C=O) groups excluding carboxylic acids is 1. The van der Waals surface area contributed by atoms with Crippen molar-refractivity contribution in [2.24, 2.45) is 0 Å². The van der Waals surface area contributed by atoms with Crippen LogP contribution in [0.1, 0.15) is 15.9 Å². The molecule has 0 unspecified atom stereocenters. The predicted octanol–water partition coefficient (Wildman–Crippen LogP) is 1.48. The third-order valence-electron chi connectivity index (χ3n) is 1.92. The van der Waals surface area contributed by atoms with E-state index in [0.717, 1.165) is 12.3 Å². The van der Waals surface area contributed by atoms with Gasteiger partial charge in [-0.1, -0.05) is 0 Å². The summed E-state index contributed by atoms with van der Waals surface area (Å²) in [7, 11) is -3.57. The molecule has 0 amide bonds. The molecule has 0 saturated heterocycles. The van der Waals surface area contributed by atoms with Crippen LogP contribution < -0.4 is 0 Å². The van der Waals surface area contributed by atoms with Gasteiger partial charge in [-0.15, -0.1) is 0 Å². The highest BCUT2D eigenvalue weighted by Gasteiger charge is 2.17. The van der Waals surface area contributed by atoms with Crippen LogP contribution in [0, 0.1) is 6.92 Å². The van der Waals surface area contributed by atoms with Gasteiger partial charge < -0.3 is 5.11 Å². The Balaban J connectivity index is 3.58. The van der Waals surface area contributed by atoms with Gasteiger partial charge in [0.05, 0.1) is 0 Å². The first-order chi connectivity index (χ1) is 6.73. The van der Waals surface area contributed by atoms with Gasteiger partial charge in [0, 0.05) is 11.8 Å². The number of aryl methyl sites for hydroxylation is 1.